The highest BCUT2D eigenvalue weighted by Crippen LogP contribution is 2.23. The quantitative estimate of drug-likeness (QED) is 0.730. The van der Waals surface area contributed by atoms with Gasteiger partial charge in [0.25, 0.3) is 0 Å². The summed E-state index contributed by atoms with van der Waals surface area (Å²) in [5.74, 6) is -1.27. The van der Waals surface area contributed by atoms with E-state index in [-0.39, 0.29) is 30.7 Å². The maximum atomic E-state index is 12.0. The second kappa shape index (κ2) is 4.82. The largest absolute Gasteiger partial charge is 0.480 e. The lowest BCUT2D eigenvalue weighted by Crippen LogP contribution is -2.44. The first-order valence-corrected chi connectivity index (χ1v) is 5.56. The molecular weight excluding hydrogens is 210 g/mol. The van der Waals surface area contributed by atoms with E-state index in [9.17, 15) is 14.7 Å². The molecule has 0 saturated carbocycles. The van der Waals surface area contributed by atoms with E-state index >= 15 is 0 Å². The predicted octanol–water partition coefficient (Wildman–Crippen LogP) is 0.325. The minimum atomic E-state index is -1.04. The van der Waals surface area contributed by atoms with Crippen LogP contribution in [0.3, 0.4) is 0 Å². The molecular formula is C11H19NO4. The van der Waals surface area contributed by atoms with E-state index in [4.69, 9.17) is 5.11 Å². The summed E-state index contributed by atoms with van der Waals surface area (Å²) < 4.78 is 0. The predicted molar refractivity (Wildman–Crippen MR) is 57.8 cm³/mol. The normalized spacial score (nSPS) is 27.2. The monoisotopic (exact) mass is 229 g/mol. The third kappa shape index (κ3) is 2.52. The van der Waals surface area contributed by atoms with Crippen molar-refractivity contribution in [3.8, 4) is 0 Å². The molecule has 1 rings (SSSR count). The lowest BCUT2D eigenvalue weighted by Gasteiger charge is -2.26. The van der Waals surface area contributed by atoms with Gasteiger partial charge in [-0.1, -0.05) is 20.8 Å². The van der Waals surface area contributed by atoms with Gasteiger partial charge in [0.05, 0.1) is 6.10 Å². The van der Waals surface area contributed by atoms with Crippen LogP contribution < -0.4 is 0 Å². The van der Waals surface area contributed by atoms with Gasteiger partial charge in [-0.2, -0.15) is 0 Å². The first kappa shape index (κ1) is 13.0. The Morgan fingerprint density at radius 2 is 1.88 bits per heavy atom. The van der Waals surface area contributed by atoms with Gasteiger partial charge >= 0.3 is 5.97 Å². The molecule has 0 aliphatic carbocycles. The average Bonchev–Trinajstić information content (AvgIpc) is 2.58. The summed E-state index contributed by atoms with van der Waals surface area (Å²) in [6, 6.07) is -0.872. The van der Waals surface area contributed by atoms with Crippen LogP contribution in [0.15, 0.2) is 0 Å². The van der Waals surface area contributed by atoms with Crippen LogP contribution in [0.4, 0.5) is 0 Å². The zero-order chi connectivity index (χ0) is 12.5. The van der Waals surface area contributed by atoms with Gasteiger partial charge in [-0.25, -0.2) is 4.79 Å². The van der Waals surface area contributed by atoms with Crippen LogP contribution in [-0.2, 0) is 9.59 Å². The first-order valence-electron chi connectivity index (χ1n) is 5.56. The minimum Gasteiger partial charge on any atom is -0.480 e. The molecule has 2 N–H and O–H groups in total. The van der Waals surface area contributed by atoms with Crippen molar-refractivity contribution in [1.82, 2.24) is 4.90 Å². The molecule has 1 amide bonds. The fraction of sp³-hybridized carbons (Fsp3) is 0.818. The number of carbonyl (C=O) groups is 2. The number of hydrogen-bond donors (Lipinski definition) is 2. The number of hydrogen-bond acceptors (Lipinski definition) is 3. The number of carboxylic acids is 1. The number of β-amino-alcohol motifs (C(OH)–C–C–N with tert-alkyl or cyclic N) is 1. The molecule has 0 aromatic rings. The van der Waals surface area contributed by atoms with Crippen LogP contribution in [-0.4, -0.2) is 45.7 Å². The van der Waals surface area contributed by atoms with Crippen molar-refractivity contribution in [1.29, 1.82) is 0 Å². The Kier molecular flexibility index (Phi) is 3.91. The number of carboxylic acid groups (broad SMARTS) is 1. The Labute approximate surface area is 95.1 Å². The molecule has 5 nitrogen and oxygen atoms in total. The Bertz CT molecular complexity index is 290. The minimum absolute atomic E-state index is 0.131. The number of aliphatic carboxylic acids is 1. The van der Waals surface area contributed by atoms with Crippen LogP contribution in [0.1, 0.15) is 27.2 Å². The zero-order valence-corrected chi connectivity index (χ0v) is 9.88. The molecule has 5 heteroatoms. The number of aliphatic hydroxyl groups excluding tert-OH is 1. The summed E-state index contributed by atoms with van der Waals surface area (Å²) in [7, 11) is 0. The standard InChI is InChI=1S/C11H19NO4/c1-6(2)7(3)10(14)12-5-8(13)4-9(12)11(15)16/h6-9,13H,4-5H2,1-3H3,(H,15,16)/t7?,8-,9-/m0/s1. The van der Waals surface area contributed by atoms with Gasteiger partial charge in [0.15, 0.2) is 0 Å². The zero-order valence-electron chi connectivity index (χ0n) is 9.88. The maximum Gasteiger partial charge on any atom is 0.326 e. The third-order valence-corrected chi connectivity index (χ3v) is 3.24. The van der Waals surface area contributed by atoms with E-state index in [0.29, 0.717) is 0 Å². The Morgan fingerprint density at radius 1 is 1.31 bits per heavy atom. The van der Waals surface area contributed by atoms with Crippen LogP contribution in [0, 0.1) is 11.8 Å². The Morgan fingerprint density at radius 3 is 2.31 bits per heavy atom. The molecule has 1 aliphatic heterocycles. The summed E-state index contributed by atoms with van der Waals surface area (Å²) >= 11 is 0. The maximum absolute atomic E-state index is 12.0. The van der Waals surface area contributed by atoms with Crippen molar-refractivity contribution in [2.24, 2.45) is 11.8 Å². The van der Waals surface area contributed by atoms with Gasteiger partial charge in [0, 0.05) is 18.9 Å². The van der Waals surface area contributed by atoms with Crippen molar-refractivity contribution < 1.29 is 19.8 Å². The van der Waals surface area contributed by atoms with E-state index in [1.54, 1.807) is 6.92 Å². The van der Waals surface area contributed by atoms with Gasteiger partial charge in [-0.15, -0.1) is 0 Å². The van der Waals surface area contributed by atoms with E-state index in [1.165, 1.54) is 4.90 Å². The topological polar surface area (TPSA) is 77.8 Å². The van der Waals surface area contributed by atoms with E-state index in [1.807, 2.05) is 13.8 Å². The lowest BCUT2D eigenvalue weighted by atomic mass is 9.96. The molecule has 92 valence electrons. The van der Waals surface area contributed by atoms with Crippen molar-refractivity contribution in [2.45, 2.75) is 39.3 Å². The van der Waals surface area contributed by atoms with Crippen molar-refractivity contribution in [2.75, 3.05) is 6.54 Å². The van der Waals surface area contributed by atoms with E-state index < -0.39 is 18.1 Å². The van der Waals surface area contributed by atoms with Gasteiger partial charge in [0.1, 0.15) is 6.04 Å². The van der Waals surface area contributed by atoms with E-state index in [0.717, 1.165) is 0 Å². The van der Waals surface area contributed by atoms with Crippen molar-refractivity contribution in [3.63, 3.8) is 0 Å². The van der Waals surface area contributed by atoms with Gasteiger partial charge in [0.2, 0.25) is 5.91 Å². The third-order valence-electron chi connectivity index (χ3n) is 3.24. The van der Waals surface area contributed by atoms with Crippen LogP contribution >= 0.6 is 0 Å². The number of likely N-dealkylation sites (tertiary alicyclic amines) is 1. The second-order valence-electron chi connectivity index (χ2n) is 4.77. The smallest absolute Gasteiger partial charge is 0.326 e. The first-order chi connectivity index (χ1) is 7.34. The van der Waals surface area contributed by atoms with Crippen LogP contribution in [0.25, 0.3) is 0 Å². The average molecular weight is 229 g/mol. The van der Waals surface area contributed by atoms with Crippen molar-refractivity contribution >= 4 is 11.9 Å². The summed E-state index contributed by atoms with van der Waals surface area (Å²) in [4.78, 5) is 24.2. The number of rotatable bonds is 3. The van der Waals surface area contributed by atoms with Crippen molar-refractivity contribution in [3.05, 3.63) is 0 Å². The molecule has 1 aliphatic rings. The molecule has 0 aromatic heterocycles. The molecule has 0 spiro atoms. The Hall–Kier alpha value is -1.10. The van der Waals surface area contributed by atoms with Gasteiger partial charge in [-0.05, 0) is 5.92 Å². The second-order valence-corrected chi connectivity index (χ2v) is 4.77. The molecule has 1 unspecified atom stereocenters. The van der Waals surface area contributed by atoms with E-state index in [2.05, 4.69) is 0 Å². The molecule has 1 heterocycles. The van der Waals surface area contributed by atoms with Crippen LogP contribution in [0.2, 0.25) is 0 Å². The number of aliphatic hydroxyl groups is 1. The number of carbonyl (C=O) groups excluding carboxylic acids is 1. The highest BCUT2D eigenvalue weighted by atomic mass is 16.4. The number of nitrogens with zero attached hydrogens (tertiary/aromatic N) is 1. The number of amides is 1. The molecule has 1 fully saturated rings. The molecule has 0 aromatic carbocycles. The van der Waals surface area contributed by atoms with Gasteiger partial charge < -0.3 is 15.1 Å². The fourth-order valence-corrected chi connectivity index (χ4v) is 1.84. The fourth-order valence-electron chi connectivity index (χ4n) is 1.84. The molecule has 1 saturated heterocycles. The summed E-state index contributed by atoms with van der Waals surface area (Å²) in [6.45, 7) is 5.76. The summed E-state index contributed by atoms with van der Waals surface area (Å²) in [5.41, 5.74) is 0. The molecule has 16 heavy (non-hydrogen) atoms. The molecule has 0 bridgehead atoms. The molecule has 3 atom stereocenters. The Balaban J connectivity index is 2.78. The lowest BCUT2D eigenvalue weighted by molar-refractivity contribution is -0.150. The summed E-state index contributed by atoms with van der Waals surface area (Å²) in [6.07, 6.45) is -0.587. The highest BCUT2D eigenvalue weighted by molar-refractivity contribution is 5.85. The summed E-state index contributed by atoms with van der Waals surface area (Å²) in [5, 5.41) is 18.4. The van der Waals surface area contributed by atoms with Crippen LogP contribution in [0.5, 0.6) is 0 Å². The SMILES string of the molecule is CC(C)C(C)C(=O)N1C[C@@H](O)C[C@H]1C(=O)O. The highest BCUT2D eigenvalue weighted by Gasteiger charge is 2.40. The molecule has 0 radical (unpaired) electrons. The van der Waals surface area contributed by atoms with Gasteiger partial charge in [-0.3, -0.25) is 4.79 Å².